The number of hydrogen-bond donors (Lipinski definition) is 3. The molecule has 0 saturated carbocycles. The van der Waals surface area contributed by atoms with Crippen molar-refractivity contribution in [3.63, 3.8) is 0 Å². The minimum absolute atomic E-state index is 0.00890. The van der Waals surface area contributed by atoms with Gasteiger partial charge in [-0.15, -0.1) is 11.8 Å². The van der Waals surface area contributed by atoms with Crippen molar-refractivity contribution in [3.05, 3.63) is 60.2 Å². The minimum atomic E-state index is -0.773. The number of rotatable bonds is 12. The van der Waals surface area contributed by atoms with Crippen LogP contribution in [0.25, 0.3) is 0 Å². The third-order valence-corrected chi connectivity index (χ3v) is 11.7. The molecule has 3 fully saturated rings. The molecule has 226 valence electrons. The van der Waals surface area contributed by atoms with Gasteiger partial charge in [-0.1, -0.05) is 50.6 Å². The molecular formula is C33H44N4O4S. The summed E-state index contributed by atoms with van der Waals surface area (Å²) in [5.41, 5.74) is 2.75. The lowest BCUT2D eigenvalue weighted by Gasteiger charge is -2.39. The molecule has 3 aliphatic rings. The topological polar surface area (TPSA) is 102 Å². The molecule has 8 nitrogen and oxygen atoms in total. The van der Waals surface area contributed by atoms with Crippen molar-refractivity contribution in [1.29, 1.82) is 0 Å². The van der Waals surface area contributed by atoms with Gasteiger partial charge in [0, 0.05) is 36.3 Å². The highest BCUT2D eigenvalue weighted by molar-refractivity contribution is 8.02. The summed E-state index contributed by atoms with van der Waals surface area (Å²) in [5.74, 6) is -1.68. The molecule has 2 aromatic carbocycles. The van der Waals surface area contributed by atoms with E-state index in [2.05, 4.69) is 29.4 Å². The Morgan fingerprint density at radius 1 is 1.07 bits per heavy atom. The van der Waals surface area contributed by atoms with Crippen molar-refractivity contribution in [2.75, 3.05) is 29.9 Å². The second kappa shape index (κ2) is 12.7. The summed E-state index contributed by atoms with van der Waals surface area (Å²) in [5, 5.41) is 16.7. The van der Waals surface area contributed by atoms with Crippen LogP contribution >= 0.6 is 11.8 Å². The smallest absolute Gasteiger partial charge is 0.248 e. The highest BCUT2D eigenvalue weighted by Gasteiger charge is 2.74. The summed E-state index contributed by atoms with van der Waals surface area (Å²) < 4.78 is -0.706. The first kappa shape index (κ1) is 30.4. The average Bonchev–Trinajstić information content (AvgIpc) is 3.65. The van der Waals surface area contributed by atoms with E-state index in [1.807, 2.05) is 68.4 Å². The molecule has 2 bridgehead atoms. The molecule has 2 unspecified atom stereocenters. The van der Waals surface area contributed by atoms with Crippen LogP contribution in [0.3, 0.4) is 0 Å². The molecule has 3 N–H and O–H groups in total. The molecular weight excluding hydrogens is 548 g/mol. The highest BCUT2D eigenvalue weighted by atomic mass is 32.2. The standard InChI is InChI=1S/C33H44N4O4S/c1-5-21(4)25(20-38)37-29(31(40)35-23-13-15-24(16-14-23)36(6-2)7-3)33-18-17-26(42-33)27(28(33)32(37)41)30(39)34-19-22-11-9-8-10-12-22/h8-16,21,25-29,38H,5-7,17-20H2,1-4H3,(H,34,39)(H,35,40)/t21-,25-,26+,27-,28-,29?,33?/m0/s1. The van der Waals surface area contributed by atoms with Gasteiger partial charge in [-0.25, -0.2) is 0 Å². The lowest BCUT2D eigenvalue weighted by molar-refractivity contribution is -0.143. The number of benzene rings is 2. The van der Waals surface area contributed by atoms with Crippen molar-refractivity contribution in [3.8, 4) is 0 Å². The van der Waals surface area contributed by atoms with Crippen molar-refractivity contribution >= 4 is 40.9 Å². The number of thioether (sulfide) groups is 1. The van der Waals surface area contributed by atoms with Gasteiger partial charge in [0.25, 0.3) is 0 Å². The summed E-state index contributed by atoms with van der Waals surface area (Å²) in [4.78, 5) is 46.2. The zero-order chi connectivity index (χ0) is 30.0. The number of nitrogens with zero attached hydrogens (tertiary/aromatic N) is 2. The van der Waals surface area contributed by atoms with Crippen LogP contribution in [0.15, 0.2) is 54.6 Å². The van der Waals surface area contributed by atoms with Crippen LogP contribution in [0.2, 0.25) is 0 Å². The Kier molecular flexibility index (Phi) is 9.18. The summed E-state index contributed by atoms with van der Waals surface area (Å²) in [6.45, 7) is 10.2. The van der Waals surface area contributed by atoms with E-state index in [1.165, 1.54) is 0 Å². The second-order valence-corrected chi connectivity index (χ2v) is 13.4. The molecule has 0 aliphatic carbocycles. The Balaban J connectivity index is 1.44. The number of carbonyl (C=O) groups excluding carboxylic acids is 3. The van der Waals surface area contributed by atoms with Gasteiger partial charge in [0.15, 0.2) is 0 Å². The zero-order valence-corrected chi connectivity index (χ0v) is 25.9. The largest absolute Gasteiger partial charge is 0.394 e. The second-order valence-electron chi connectivity index (χ2n) is 11.8. The summed E-state index contributed by atoms with van der Waals surface area (Å²) >= 11 is 1.65. The van der Waals surface area contributed by atoms with Crippen molar-refractivity contribution in [1.82, 2.24) is 10.2 Å². The van der Waals surface area contributed by atoms with Crippen molar-refractivity contribution in [2.24, 2.45) is 17.8 Å². The predicted molar refractivity (Wildman–Crippen MR) is 168 cm³/mol. The summed E-state index contributed by atoms with van der Waals surface area (Å²) in [6.07, 6.45) is 2.22. The van der Waals surface area contributed by atoms with Crippen LogP contribution in [0, 0.1) is 17.8 Å². The molecule has 7 atom stereocenters. The third-order valence-electron chi connectivity index (χ3n) is 9.71. The van der Waals surface area contributed by atoms with Gasteiger partial charge in [-0.05, 0) is 62.4 Å². The normalized spacial score (nSPS) is 27.5. The fourth-order valence-electron chi connectivity index (χ4n) is 7.32. The van der Waals surface area contributed by atoms with Crippen LogP contribution in [-0.4, -0.2) is 69.5 Å². The quantitative estimate of drug-likeness (QED) is 0.340. The van der Waals surface area contributed by atoms with Crippen LogP contribution in [0.1, 0.15) is 52.5 Å². The fraction of sp³-hybridized carbons (Fsp3) is 0.545. The van der Waals surface area contributed by atoms with Crippen LogP contribution in [-0.2, 0) is 20.9 Å². The fourth-order valence-corrected chi connectivity index (χ4v) is 9.53. The predicted octanol–water partition coefficient (Wildman–Crippen LogP) is 4.29. The molecule has 0 radical (unpaired) electrons. The van der Waals surface area contributed by atoms with E-state index in [4.69, 9.17) is 0 Å². The van der Waals surface area contributed by atoms with Gasteiger partial charge < -0.3 is 25.5 Å². The number of hydrogen-bond acceptors (Lipinski definition) is 6. The Labute approximate surface area is 253 Å². The lowest BCUT2D eigenvalue weighted by atomic mass is 9.70. The van der Waals surface area contributed by atoms with Crippen LogP contribution < -0.4 is 15.5 Å². The van der Waals surface area contributed by atoms with E-state index in [0.29, 0.717) is 18.7 Å². The maximum atomic E-state index is 14.4. The van der Waals surface area contributed by atoms with Gasteiger partial charge in [-0.2, -0.15) is 0 Å². The van der Waals surface area contributed by atoms with Gasteiger partial charge >= 0.3 is 0 Å². The summed E-state index contributed by atoms with van der Waals surface area (Å²) in [7, 11) is 0. The van der Waals surface area contributed by atoms with Gasteiger partial charge in [0.1, 0.15) is 6.04 Å². The van der Waals surface area contributed by atoms with Gasteiger partial charge in [0.2, 0.25) is 17.7 Å². The first-order valence-electron chi connectivity index (χ1n) is 15.4. The summed E-state index contributed by atoms with van der Waals surface area (Å²) in [6, 6.07) is 16.3. The highest BCUT2D eigenvalue weighted by Crippen LogP contribution is 2.66. The monoisotopic (exact) mass is 592 g/mol. The molecule has 0 aromatic heterocycles. The molecule has 3 amide bonds. The number of likely N-dealkylation sites (tertiary alicyclic amines) is 1. The first-order chi connectivity index (χ1) is 20.3. The maximum Gasteiger partial charge on any atom is 0.248 e. The van der Waals surface area contributed by atoms with E-state index in [0.717, 1.165) is 37.2 Å². The zero-order valence-electron chi connectivity index (χ0n) is 25.1. The number of aliphatic hydroxyl groups is 1. The van der Waals surface area contributed by atoms with Crippen molar-refractivity contribution < 1.29 is 19.5 Å². The SMILES string of the molecule is CC[C@H](C)[C@H](CO)N1C(=O)[C@@H]2[C@@H](C(=O)NCc3ccccc3)[C@H]3CCC2(S3)C1C(=O)Nc1ccc(N(CC)CC)cc1. The van der Waals surface area contributed by atoms with Gasteiger partial charge in [-0.3, -0.25) is 14.4 Å². The van der Waals surface area contributed by atoms with E-state index in [9.17, 15) is 19.5 Å². The van der Waals surface area contributed by atoms with Crippen LogP contribution in [0.4, 0.5) is 11.4 Å². The molecule has 9 heteroatoms. The molecule has 42 heavy (non-hydrogen) atoms. The average molecular weight is 593 g/mol. The maximum absolute atomic E-state index is 14.4. The molecule has 3 heterocycles. The Morgan fingerprint density at radius 2 is 1.76 bits per heavy atom. The Morgan fingerprint density at radius 3 is 2.38 bits per heavy atom. The number of anilines is 2. The number of carbonyl (C=O) groups is 3. The number of fused-ring (bicyclic) bond motifs is 1. The Bertz CT molecular complexity index is 1270. The third kappa shape index (κ3) is 5.30. The van der Waals surface area contributed by atoms with E-state index in [-0.39, 0.29) is 35.5 Å². The van der Waals surface area contributed by atoms with Crippen molar-refractivity contribution in [2.45, 2.75) is 75.6 Å². The lowest BCUT2D eigenvalue weighted by Crippen LogP contribution is -2.56. The molecule has 2 aromatic rings. The van der Waals surface area contributed by atoms with E-state index < -0.39 is 28.7 Å². The molecule has 1 spiro atoms. The first-order valence-corrected chi connectivity index (χ1v) is 16.3. The Hall–Kier alpha value is -3.04. The van der Waals surface area contributed by atoms with Crippen LogP contribution in [0.5, 0.6) is 0 Å². The molecule has 3 aliphatic heterocycles. The molecule has 5 rings (SSSR count). The minimum Gasteiger partial charge on any atom is -0.394 e. The van der Waals surface area contributed by atoms with E-state index >= 15 is 0 Å². The number of nitrogens with one attached hydrogen (secondary N) is 2. The van der Waals surface area contributed by atoms with Gasteiger partial charge in [0.05, 0.1) is 29.2 Å². The number of amides is 3. The number of aliphatic hydroxyl groups excluding tert-OH is 1. The van der Waals surface area contributed by atoms with E-state index in [1.54, 1.807) is 16.7 Å². The molecule has 3 saturated heterocycles.